The van der Waals surface area contributed by atoms with E-state index < -0.39 is 41.4 Å². The van der Waals surface area contributed by atoms with Gasteiger partial charge in [0.1, 0.15) is 47.3 Å². The fourth-order valence-corrected chi connectivity index (χ4v) is 6.86. The summed E-state index contributed by atoms with van der Waals surface area (Å²) in [6.45, 7) is 11.9. The monoisotopic (exact) mass is 492 g/mol. The largest absolute Gasteiger partial charge is 0.490 e. The smallest absolute Gasteiger partial charge is 0.332 e. The lowest BCUT2D eigenvalue weighted by Crippen LogP contribution is -2.62. The highest BCUT2D eigenvalue weighted by molar-refractivity contribution is 6.22. The summed E-state index contributed by atoms with van der Waals surface area (Å²) in [6.07, 6.45) is 0.644. The molecule has 2 saturated heterocycles. The van der Waals surface area contributed by atoms with Crippen molar-refractivity contribution < 1.29 is 29.2 Å². The van der Waals surface area contributed by atoms with Gasteiger partial charge in [-0.15, -0.1) is 11.6 Å². The van der Waals surface area contributed by atoms with Crippen molar-refractivity contribution in [2.45, 2.75) is 81.8 Å². The van der Waals surface area contributed by atoms with Crippen molar-refractivity contribution in [2.75, 3.05) is 6.61 Å². The number of halogens is 1. The molecule has 7 heteroatoms. The molecule has 4 rings (SSSR count). The molecule has 0 aromatic heterocycles. The van der Waals surface area contributed by atoms with E-state index >= 15 is 0 Å². The van der Waals surface area contributed by atoms with Crippen molar-refractivity contribution in [3.05, 3.63) is 48.2 Å². The molecule has 2 bridgehead atoms. The molecule has 2 N–H and O–H groups in total. The van der Waals surface area contributed by atoms with Crippen molar-refractivity contribution in [1.82, 2.24) is 0 Å². The Bertz CT molecular complexity index is 906. The maximum absolute atomic E-state index is 12.1. The molecule has 9 unspecified atom stereocenters. The van der Waals surface area contributed by atoms with E-state index in [0.717, 1.165) is 12.8 Å². The minimum absolute atomic E-state index is 0.0593. The lowest BCUT2D eigenvalue weighted by atomic mass is 9.69. The highest BCUT2D eigenvalue weighted by Crippen LogP contribution is 2.63. The van der Waals surface area contributed by atoms with Crippen LogP contribution in [-0.4, -0.2) is 51.6 Å². The SMILES string of the molecule is C=C(OC1C2C(C)CCC2C2(C)OC1(C(C)C)CC2OC(=O)CO)C(Cl)C(O)c1ccccc1. The quantitative estimate of drug-likeness (QED) is 0.318. The van der Waals surface area contributed by atoms with Gasteiger partial charge in [0, 0.05) is 12.3 Å². The molecule has 1 saturated carbocycles. The molecule has 3 fully saturated rings. The predicted octanol–water partition coefficient (Wildman–Crippen LogP) is 4.38. The number of hydrogen-bond donors (Lipinski definition) is 2. The van der Waals surface area contributed by atoms with E-state index in [9.17, 15) is 15.0 Å². The Labute approximate surface area is 207 Å². The Morgan fingerprint density at radius 3 is 2.56 bits per heavy atom. The second kappa shape index (κ2) is 9.45. The van der Waals surface area contributed by atoms with E-state index in [1.54, 1.807) is 0 Å². The molecular weight excluding hydrogens is 456 g/mol. The molecule has 6 nitrogen and oxygen atoms in total. The van der Waals surface area contributed by atoms with Gasteiger partial charge in [-0.2, -0.15) is 0 Å². The van der Waals surface area contributed by atoms with Crippen LogP contribution >= 0.6 is 11.6 Å². The van der Waals surface area contributed by atoms with Crippen molar-refractivity contribution in [3.63, 3.8) is 0 Å². The number of esters is 1. The summed E-state index contributed by atoms with van der Waals surface area (Å²) < 4.78 is 19.2. The molecule has 2 aliphatic heterocycles. The van der Waals surface area contributed by atoms with Gasteiger partial charge in [0.2, 0.25) is 0 Å². The van der Waals surface area contributed by atoms with E-state index in [2.05, 4.69) is 27.4 Å². The topological polar surface area (TPSA) is 85.2 Å². The fraction of sp³-hybridized carbons (Fsp3) is 0.667. The molecule has 188 valence electrons. The lowest BCUT2D eigenvalue weighted by molar-refractivity contribution is -0.264. The molecule has 1 aromatic carbocycles. The van der Waals surface area contributed by atoms with Gasteiger partial charge >= 0.3 is 5.97 Å². The third-order valence-electron chi connectivity index (χ3n) is 8.56. The number of aliphatic hydroxyl groups is 2. The average Bonchev–Trinajstić information content (AvgIpc) is 3.34. The van der Waals surface area contributed by atoms with Gasteiger partial charge in [-0.1, -0.05) is 57.7 Å². The molecule has 1 aromatic rings. The third-order valence-corrected chi connectivity index (χ3v) is 9.04. The van der Waals surface area contributed by atoms with Gasteiger partial charge < -0.3 is 24.4 Å². The number of alkyl halides is 1. The summed E-state index contributed by atoms with van der Waals surface area (Å²) in [7, 11) is 0. The Morgan fingerprint density at radius 2 is 1.94 bits per heavy atom. The van der Waals surface area contributed by atoms with Crippen molar-refractivity contribution in [3.8, 4) is 0 Å². The first kappa shape index (κ1) is 25.5. The van der Waals surface area contributed by atoms with Gasteiger partial charge in [0.15, 0.2) is 0 Å². The maximum atomic E-state index is 12.1. The van der Waals surface area contributed by atoms with Crippen LogP contribution in [0.25, 0.3) is 0 Å². The third kappa shape index (κ3) is 4.06. The molecule has 0 amide bonds. The number of fused-ring (bicyclic) bond motifs is 4. The zero-order valence-electron chi connectivity index (χ0n) is 20.4. The van der Waals surface area contributed by atoms with Crippen LogP contribution in [0.4, 0.5) is 0 Å². The number of carbonyl (C=O) groups is 1. The molecule has 34 heavy (non-hydrogen) atoms. The number of carbonyl (C=O) groups excluding carboxylic acids is 1. The van der Waals surface area contributed by atoms with E-state index in [-0.39, 0.29) is 23.9 Å². The summed E-state index contributed by atoms with van der Waals surface area (Å²) in [5, 5.41) is 19.3. The van der Waals surface area contributed by atoms with Crippen LogP contribution in [0.1, 0.15) is 58.6 Å². The maximum Gasteiger partial charge on any atom is 0.332 e. The minimum Gasteiger partial charge on any atom is -0.490 e. The lowest BCUT2D eigenvalue weighted by Gasteiger charge is -2.53. The zero-order valence-corrected chi connectivity index (χ0v) is 21.2. The van der Waals surface area contributed by atoms with Crippen LogP contribution in [0.5, 0.6) is 0 Å². The summed E-state index contributed by atoms with van der Waals surface area (Å²) in [5.41, 5.74) is -0.677. The van der Waals surface area contributed by atoms with E-state index in [0.29, 0.717) is 23.7 Å². The highest BCUT2D eigenvalue weighted by Gasteiger charge is 2.72. The number of rotatable bonds is 8. The zero-order chi connectivity index (χ0) is 24.8. The summed E-state index contributed by atoms with van der Waals surface area (Å²) in [6, 6.07) is 9.24. The Balaban J connectivity index is 1.66. The van der Waals surface area contributed by atoms with Crippen molar-refractivity contribution >= 4 is 17.6 Å². The number of aliphatic hydroxyl groups excluding tert-OH is 2. The first-order valence-corrected chi connectivity index (χ1v) is 12.7. The summed E-state index contributed by atoms with van der Waals surface area (Å²) in [5.74, 6) is 0.391. The predicted molar refractivity (Wildman–Crippen MR) is 129 cm³/mol. The molecular formula is C27H37ClO6. The van der Waals surface area contributed by atoms with Crippen LogP contribution in [0, 0.1) is 23.7 Å². The molecule has 9 atom stereocenters. The first-order chi connectivity index (χ1) is 16.0. The van der Waals surface area contributed by atoms with Crippen molar-refractivity contribution in [2.24, 2.45) is 23.7 Å². The van der Waals surface area contributed by atoms with E-state index in [4.69, 9.17) is 25.8 Å². The van der Waals surface area contributed by atoms with Crippen LogP contribution in [-0.2, 0) is 19.0 Å². The van der Waals surface area contributed by atoms with Crippen molar-refractivity contribution in [1.29, 1.82) is 0 Å². The molecule has 0 spiro atoms. The van der Waals surface area contributed by atoms with Crippen LogP contribution in [0.2, 0.25) is 0 Å². The van der Waals surface area contributed by atoms with Crippen LogP contribution in [0.3, 0.4) is 0 Å². The van der Waals surface area contributed by atoms with Gasteiger partial charge in [-0.25, -0.2) is 4.79 Å². The Kier molecular flexibility index (Phi) is 7.09. The van der Waals surface area contributed by atoms with Gasteiger partial charge in [0.25, 0.3) is 0 Å². The standard InChI is InChI=1S/C27H37ClO6/c1-15(2)27-13-20(33-21(30)14-29)26(5,34-27)19-12-11-16(3)22(19)25(27)32-17(4)23(28)24(31)18-9-7-6-8-10-18/h6-10,15-16,19-20,22-25,29,31H,4,11-14H2,1-3,5H3. The Hall–Kier alpha value is -1.60. The van der Waals surface area contributed by atoms with Gasteiger partial charge in [-0.3, -0.25) is 0 Å². The minimum atomic E-state index is -0.959. The van der Waals surface area contributed by atoms with E-state index in [1.165, 1.54) is 0 Å². The molecule has 1 aliphatic carbocycles. The highest BCUT2D eigenvalue weighted by atomic mass is 35.5. The molecule has 2 heterocycles. The van der Waals surface area contributed by atoms with Gasteiger partial charge in [0.05, 0.1) is 0 Å². The average molecular weight is 493 g/mol. The molecule has 0 radical (unpaired) electrons. The number of hydrogen-bond acceptors (Lipinski definition) is 6. The first-order valence-electron chi connectivity index (χ1n) is 12.3. The van der Waals surface area contributed by atoms with Gasteiger partial charge in [-0.05, 0) is 43.1 Å². The Morgan fingerprint density at radius 1 is 1.26 bits per heavy atom. The van der Waals surface area contributed by atoms with Crippen LogP contribution < -0.4 is 0 Å². The number of ether oxygens (including phenoxy) is 3. The molecule has 3 aliphatic rings. The normalized spacial score (nSPS) is 38.3. The fourth-order valence-electron chi connectivity index (χ4n) is 6.66. The second-order valence-corrected chi connectivity index (χ2v) is 11.2. The number of benzene rings is 1. The van der Waals surface area contributed by atoms with Crippen LogP contribution in [0.15, 0.2) is 42.7 Å². The summed E-state index contributed by atoms with van der Waals surface area (Å²) in [4.78, 5) is 12.1. The van der Waals surface area contributed by atoms with E-state index in [1.807, 2.05) is 37.3 Å². The summed E-state index contributed by atoms with van der Waals surface area (Å²) >= 11 is 6.67. The second-order valence-electron chi connectivity index (χ2n) is 10.7.